The van der Waals surface area contributed by atoms with Gasteiger partial charge < -0.3 is 9.98 Å². The maximum Gasteiger partial charge on any atom is 0.123 e. The zero-order chi connectivity index (χ0) is 21.8. The maximum absolute atomic E-state index is 13.4. The summed E-state index contributed by atoms with van der Waals surface area (Å²) in [7, 11) is 0. The van der Waals surface area contributed by atoms with E-state index in [4.69, 9.17) is 5.41 Å². The van der Waals surface area contributed by atoms with E-state index in [0.29, 0.717) is 24.2 Å². The molecule has 0 spiro atoms. The second-order valence-electron chi connectivity index (χ2n) is 7.43. The van der Waals surface area contributed by atoms with Crippen molar-refractivity contribution in [1.82, 2.24) is 29.5 Å². The van der Waals surface area contributed by atoms with Gasteiger partial charge in [-0.15, -0.1) is 0 Å². The lowest BCUT2D eigenvalue weighted by Crippen LogP contribution is -2.13. The van der Waals surface area contributed by atoms with Crippen LogP contribution in [0, 0.1) is 18.2 Å². The monoisotopic (exact) mass is 415 g/mol. The van der Waals surface area contributed by atoms with Crippen LogP contribution in [0.1, 0.15) is 30.8 Å². The minimum absolute atomic E-state index is 0.0439. The van der Waals surface area contributed by atoms with Gasteiger partial charge in [-0.25, -0.2) is 19.3 Å². The second-order valence-corrected chi connectivity index (χ2v) is 7.43. The molecule has 0 saturated carbocycles. The second kappa shape index (κ2) is 8.91. The molecule has 7 nitrogen and oxygen atoms in total. The number of aryl methyl sites for hydroxylation is 1. The highest BCUT2D eigenvalue weighted by atomic mass is 19.1. The first-order chi connectivity index (χ1) is 15.0. The summed E-state index contributed by atoms with van der Waals surface area (Å²) in [6, 6.07) is 8.02. The number of nitrogens with zero attached hydrogens (tertiary/aromatic N) is 6. The van der Waals surface area contributed by atoms with Crippen molar-refractivity contribution in [3.8, 4) is 22.6 Å². The molecule has 1 N–H and O–H groups in total. The standard InChI is InChI=1S/C23H22FN7/c1-15-11-28-20(12-27-15)10-19(25)9-16(2)31-14-30-22(17-3-5-18(24)6-4-17)23(31)21-7-8-26-13-29-21/h3-8,11-14,16,25H,9-10H2,1-2H3. The van der Waals surface area contributed by atoms with Crippen molar-refractivity contribution in [3.63, 3.8) is 0 Å². The van der Waals surface area contributed by atoms with Gasteiger partial charge in [0.05, 0.1) is 34.8 Å². The molecular formula is C23H22FN7. The molecule has 0 radical (unpaired) electrons. The molecule has 0 saturated heterocycles. The highest BCUT2D eigenvalue weighted by Gasteiger charge is 2.20. The van der Waals surface area contributed by atoms with E-state index < -0.39 is 0 Å². The average molecular weight is 415 g/mol. The van der Waals surface area contributed by atoms with Crippen molar-refractivity contribution in [2.75, 3.05) is 0 Å². The van der Waals surface area contributed by atoms with Gasteiger partial charge in [0.2, 0.25) is 0 Å². The Morgan fingerprint density at radius 1 is 1.06 bits per heavy atom. The van der Waals surface area contributed by atoms with Crippen LogP contribution in [-0.2, 0) is 6.42 Å². The smallest absolute Gasteiger partial charge is 0.123 e. The third-order valence-corrected chi connectivity index (χ3v) is 4.98. The summed E-state index contributed by atoms with van der Waals surface area (Å²) in [6.07, 6.45) is 9.31. The number of halogens is 1. The predicted octanol–water partition coefficient (Wildman–Crippen LogP) is 4.46. The van der Waals surface area contributed by atoms with Gasteiger partial charge in [0.15, 0.2) is 0 Å². The molecule has 3 heterocycles. The van der Waals surface area contributed by atoms with Crippen molar-refractivity contribution in [2.24, 2.45) is 0 Å². The van der Waals surface area contributed by atoms with Crippen LogP contribution in [0.15, 0.2) is 61.6 Å². The van der Waals surface area contributed by atoms with Crippen LogP contribution in [0.4, 0.5) is 4.39 Å². The van der Waals surface area contributed by atoms with Crippen molar-refractivity contribution in [3.05, 3.63) is 78.8 Å². The van der Waals surface area contributed by atoms with Crippen LogP contribution in [0.25, 0.3) is 22.6 Å². The largest absolute Gasteiger partial charge is 0.326 e. The summed E-state index contributed by atoms with van der Waals surface area (Å²) >= 11 is 0. The fourth-order valence-corrected chi connectivity index (χ4v) is 3.46. The Balaban J connectivity index is 1.63. The molecule has 1 aromatic carbocycles. The highest BCUT2D eigenvalue weighted by molar-refractivity contribution is 5.84. The molecule has 4 aromatic rings. The van der Waals surface area contributed by atoms with Gasteiger partial charge in [0.25, 0.3) is 0 Å². The summed E-state index contributed by atoms with van der Waals surface area (Å²) in [5.41, 5.74) is 5.21. The normalized spacial score (nSPS) is 12.0. The predicted molar refractivity (Wildman–Crippen MR) is 116 cm³/mol. The molecule has 0 aliphatic rings. The molecule has 156 valence electrons. The van der Waals surface area contributed by atoms with E-state index in [1.807, 2.05) is 24.5 Å². The van der Waals surface area contributed by atoms with E-state index in [9.17, 15) is 4.39 Å². The summed E-state index contributed by atoms with van der Waals surface area (Å²) in [5, 5.41) is 8.46. The number of rotatable bonds is 7. The Morgan fingerprint density at radius 2 is 1.87 bits per heavy atom. The maximum atomic E-state index is 13.4. The molecule has 31 heavy (non-hydrogen) atoms. The van der Waals surface area contributed by atoms with Crippen LogP contribution in [-0.4, -0.2) is 35.2 Å². The molecular weight excluding hydrogens is 393 g/mol. The molecule has 0 bridgehead atoms. The van der Waals surface area contributed by atoms with E-state index in [0.717, 1.165) is 28.3 Å². The number of nitrogens with one attached hydrogen (secondary N) is 1. The van der Waals surface area contributed by atoms with Crippen LogP contribution in [0.2, 0.25) is 0 Å². The Kier molecular flexibility index (Phi) is 5.88. The quantitative estimate of drug-likeness (QED) is 0.450. The van der Waals surface area contributed by atoms with Gasteiger partial charge in [0.1, 0.15) is 12.1 Å². The Morgan fingerprint density at radius 3 is 2.55 bits per heavy atom. The third kappa shape index (κ3) is 4.69. The number of hydrogen-bond donors (Lipinski definition) is 1. The van der Waals surface area contributed by atoms with Gasteiger partial charge >= 0.3 is 0 Å². The van der Waals surface area contributed by atoms with Crippen LogP contribution in [0.5, 0.6) is 0 Å². The van der Waals surface area contributed by atoms with E-state index >= 15 is 0 Å². The summed E-state index contributed by atoms with van der Waals surface area (Å²) in [4.78, 5) is 21.6. The minimum Gasteiger partial charge on any atom is -0.326 e. The summed E-state index contributed by atoms with van der Waals surface area (Å²) in [6.45, 7) is 3.92. The van der Waals surface area contributed by atoms with Crippen molar-refractivity contribution in [1.29, 1.82) is 5.41 Å². The molecule has 8 heteroatoms. The molecule has 0 fully saturated rings. The molecule has 4 rings (SSSR count). The van der Waals surface area contributed by atoms with E-state index in [2.05, 4.69) is 24.9 Å². The number of benzene rings is 1. The molecule has 0 aliphatic heterocycles. The summed E-state index contributed by atoms with van der Waals surface area (Å²) < 4.78 is 15.4. The first kappa shape index (κ1) is 20.5. The number of imidazole rings is 1. The lowest BCUT2D eigenvalue weighted by molar-refractivity contribution is 0.567. The molecule has 1 atom stereocenters. The highest BCUT2D eigenvalue weighted by Crippen LogP contribution is 2.33. The van der Waals surface area contributed by atoms with E-state index in [1.165, 1.54) is 18.5 Å². The first-order valence-electron chi connectivity index (χ1n) is 9.94. The Labute approximate surface area is 179 Å². The van der Waals surface area contributed by atoms with Gasteiger partial charge in [-0.2, -0.15) is 0 Å². The summed E-state index contributed by atoms with van der Waals surface area (Å²) in [5.74, 6) is -0.298. The zero-order valence-corrected chi connectivity index (χ0v) is 17.3. The lowest BCUT2D eigenvalue weighted by Gasteiger charge is -2.18. The van der Waals surface area contributed by atoms with E-state index in [1.54, 1.807) is 37.1 Å². The molecule has 0 amide bonds. The van der Waals surface area contributed by atoms with Crippen LogP contribution in [0.3, 0.4) is 0 Å². The average Bonchev–Trinajstić information content (AvgIpc) is 3.22. The third-order valence-electron chi connectivity index (χ3n) is 4.98. The van der Waals surface area contributed by atoms with Crippen molar-refractivity contribution in [2.45, 2.75) is 32.7 Å². The van der Waals surface area contributed by atoms with Crippen LogP contribution < -0.4 is 0 Å². The zero-order valence-electron chi connectivity index (χ0n) is 17.3. The van der Waals surface area contributed by atoms with Gasteiger partial charge in [-0.05, 0) is 44.2 Å². The van der Waals surface area contributed by atoms with Crippen LogP contribution >= 0.6 is 0 Å². The molecule has 0 aliphatic carbocycles. The van der Waals surface area contributed by atoms with Crippen molar-refractivity contribution >= 4 is 5.71 Å². The number of hydrogen-bond acceptors (Lipinski definition) is 6. The minimum atomic E-state index is -0.298. The van der Waals surface area contributed by atoms with Crippen molar-refractivity contribution < 1.29 is 4.39 Å². The van der Waals surface area contributed by atoms with Gasteiger partial charge in [-0.1, -0.05) is 0 Å². The first-order valence-corrected chi connectivity index (χ1v) is 9.94. The van der Waals surface area contributed by atoms with Gasteiger partial charge in [0, 0.05) is 48.7 Å². The topological polar surface area (TPSA) is 93.2 Å². The molecule has 3 aromatic heterocycles. The Bertz CT molecular complexity index is 1170. The lowest BCUT2D eigenvalue weighted by atomic mass is 10.0. The molecule has 1 unspecified atom stereocenters. The fourth-order valence-electron chi connectivity index (χ4n) is 3.46. The van der Waals surface area contributed by atoms with E-state index in [-0.39, 0.29) is 11.9 Å². The SMILES string of the molecule is Cc1cnc(CC(=N)CC(C)n2cnc(-c3ccc(F)cc3)c2-c2ccncn2)cn1. The fraction of sp³-hybridized carbons (Fsp3) is 0.217. The number of aromatic nitrogens is 6. The van der Waals surface area contributed by atoms with Gasteiger partial charge in [-0.3, -0.25) is 9.97 Å². The Hall–Kier alpha value is -3.81.